The van der Waals surface area contributed by atoms with E-state index in [2.05, 4.69) is 4.83 Å². The lowest BCUT2D eigenvalue weighted by Gasteiger charge is -2.24. The van der Waals surface area contributed by atoms with Crippen LogP contribution < -0.4 is 19.0 Å². The van der Waals surface area contributed by atoms with Crippen LogP contribution in [-0.4, -0.2) is 65.0 Å². The van der Waals surface area contributed by atoms with Gasteiger partial charge in [0.1, 0.15) is 5.75 Å². The van der Waals surface area contributed by atoms with Crippen LogP contribution in [0.2, 0.25) is 0 Å². The van der Waals surface area contributed by atoms with Crippen LogP contribution in [0.4, 0.5) is 4.79 Å². The van der Waals surface area contributed by atoms with E-state index in [1.165, 1.54) is 0 Å². The van der Waals surface area contributed by atoms with Crippen LogP contribution in [0.3, 0.4) is 0 Å². The number of hydrogen-bond donors (Lipinski definition) is 1. The summed E-state index contributed by atoms with van der Waals surface area (Å²) >= 11 is 0. The van der Waals surface area contributed by atoms with E-state index in [9.17, 15) is 13.2 Å². The Morgan fingerprint density at radius 2 is 1.68 bits per heavy atom. The third kappa shape index (κ3) is 5.39. The van der Waals surface area contributed by atoms with Crippen molar-refractivity contribution in [2.45, 2.75) is 12.5 Å². The van der Waals surface area contributed by atoms with Gasteiger partial charge in [0.25, 0.3) is 0 Å². The van der Waals surface area contributed by atoms with Crippen LogP contribution >= 0.6 is 0 Å². The standard InChI is InChI=1S/C21H27N3O6S/c1-28-17-8-5-15(6-9-17)11-12-23-18(14-24(21(23)25)22-31(4,26)27)16-7-10-19(29-2)20(13-16)30-3/h5-10,13,18,22H,11-12,14H2,1-4H3. The number of carbonyl (C=O) groups excluding carboxylic acids is 1. The zero-order valence-electron chi connectivity index (χ0n) is 18.0. The number of amides is 2. The van der Waals surface area contributed by atoms with Crippen molar-refractivity contribution in [1.29, 1.82) is 0 Å². The molecule has 168 valence electrons. The van der Waals surface area contributed by atoms with Gasteiger partial charge >= 0.3 is 6.03 Å². The molecule has 2 amide bonds. The number of nitrogens with zero attached hydrogens (tertiary/aromatic N) is 2. The molecule has 1 aliphatic rings. The molecule has 0 spiro atoms. The molecule has 1 heterocycles. The second-order valence-electron chi connectivity index (χ2n) is 7.18. The highest BCUT2D eigenvalue weighted by atomic mass is 32.2. The van der Waals surface area contributed by atoms with Gasteiger partial charge in [-0.25, -0.2) is 18.2 Å². The highest BCUT2D eigenvalue weighted by Crippen LogP contribution is 2.35. The van der Waals surface area contributed by atoms with Gasteiger partial charge < -0.3 is 19.1 Å². The zero-order valence-corrected chi connectivity index (χ0v) is 18.8. The summed E-state index contributed by atoms with van der Waals surface area (Å²) in [6.07, 6.45) is 1.62. The zero-order chi connectivity index (χ0) is 22.6. The number of carbonyl (C=O) groups is 1. The fraction of sp³-hybridized carbons (Fsp3) is 0.381. The lowest BCUT2D eigenvalue weighted by Crippen LogP contribution is -2.44. The maximum Gasteiger partial charge on any atom is 0.335 e. The molecule has 1 unspecified atom stereocenters. The molecule has 2 aromatic rings. The quantitative estimate of drug-likeness (QED) is 0.630. The molecule has 10 heteroatoms. The molecule has 1 aliphatic heterocycles. The molecular formula is C21H27N3O6S. The van der Waals surface area contributed by atoms with Crippen LogP contribution in [0.5, 0.6) is 17.2 Å². The van der Waals surface area contributed by atoms with E-state index >= 15 is 0 Å². The molecule has 0 saturated carbocycles. The van der Waals surface area contributed by atoms with Crippen molar-refractivity contribution in [3.8, 4) is 17.2 Å². The van der Waals surface area contributed by atoms with Crippen LogP contribution in [0, 0.1) is 0 Å². The minimum atomic E-state index is -3.60. The average Bonchev–Trinajstić information content (AvgIpc) is 3.05. The van der Waals surface area contributed by atoms with E-state index in [4.69, 9.17) is 14.2 Å². The predicted octanol–water partition coefficient (Wildman–Crippen LogP) is 2.20. The van der Waals surface area contributed by atoms with E-state index in [1.807, 2.05) is 30.3 Å². The summed E-state index contributed by atoms with van der Waals surface area (Å²) in [5, 5.41) is 1.13. The van der Waals surface area contributed by atoms with Crippen LogP contribution in [0.1, 0.15) is 17.2 Å². The minimum Gasteiger partial charge on any atom is -0.497 e. The second-order valence-corrected chi connectivity index (χ2v) is 8.91. The van der Waals surface area contributed by atoms with Gasteiger partial charge in [-0.1, -0.05) is 18.2 Å². The van der Waals surface area contributed by atoms with E-state index in [0.29, 0.717) is 24.5 Å². The lowest BCUT2D eigenvalue weighted by molar-refractivity contribution is 0.182. The summed E-state index contributed by atoms with van der Waals surface area (Å²) in [4.78, 5) is 17.0. The third-order valence-corrected chi connectivity index (χ3v) is 5.63. The smallest absolute Gasteiger partial charge is 0.335 e. The number of methoxy groups -OCH3 is 3. The molecule has 0 aromatic heterocycles. The number of benzene rings is 2. The first-order chi connectivity index (χ1) is 14.8. The van der Waals surface area contributed by atoms with Crippen LogP contribution in [-0.2, 0) is 16.4 Å². The fourth-order valence-electron chi connectivity index (χ4n) is 3.55. The Kier molecular flexibility index (Phi) is 6.91. The summed E-state index contributed by atoms with van der Waals surface area (Å²) in [6.45, 7) is 0.579. The van der Waals surface area contributed by atoms with E-state index in [0.717, 1.165) is 28.1 Å². The molecule has 1 N–H and O–H groups in total. The average molecular weight is 450 g/mol. The molecule has 0 bridgehead atoms. The Balaban J connectivity index is 1.86. The van der Waals surface area contributed by atoms with Crippen molar-refractivity contribution in [1.82, 2.24) is 14.7 Å². The fourth-order valence-corrected chi connectivity index (χ4v) is 4.11. The van der Waals surface area contributed by atoms with Crippen molar-refractivity contribution in [2.24, 2.45) is 0 Å². The molecule has 9 nitrogen and oxygen atoms in total. The monoisotopic (exact) mass is 449 g/mol. The normalized spacial score (nSPS) is 16.5. The van der Waals surface area contributed by atoms with Crippen molar-refractivity contribution >= 4 is 16.1 Å². The summed E-state index contributed by atoms with van der Waals surface area (Å²) in [5.74, 6) is 1.87. The number of rotatable bonds is 9. The molecule has 31 heavy (non-hydrogen) atoms. The Bertz CT molecular complexity index is 1030. The first-order valence-corrected chi connectivity index (χ1v) is 11.5. The number of nitrogens with one attached hydrogen (secondary N) is 1. The van der Waals surface area contributed by atoms with Crippen LogP contribution in [0.15, 0.2) is 42.5 Å². The molecule has 1 fully saturated rings. The first-order valence-electron chi connectivity index (χ1n) is 9.66. The Labute approximate surface area is 182 Å². The van der Waals surface area contributed by atoms with Gasteiger partial charge in [0.15, 0.2) is 11.5 Å². The number of hydrogen-bond acceptors (Lipinski definition) is 6. The van der Waals surface area contributed by atoms with Crippen molar-refractivity contribution in [2.75, 3.05) is 40.7 Å². The van der Waals surface area contributed by atoms with Gasteiger partial charge in [0.2, 0.25) is 10.0 Å². The Morgan fingerprint density at radius 3 is 2.26 bits per heavy atom. The third-order valence-electron chi connectivity index (χ3n) is 5.08. The second kappa shape index (κ2) is 9.44. The predicted molar refractivity (Wildman–Crippen MR) is 116 cm³/mol. The Hall–Kier alpha value is -2.98. The summed E-state index contributed by atoms with van der Waals surface area (Å²) in [7, 11) is 1.10. The Morgan fingerprint density at radius 1 is 1.00 bits per heavy atom. The number of urea groups is 1. The van der Waals surface area contributed by atoms with E-state index < -0.39 is 16.1 Å². The summed E-state index contributed by atoms with van der Waals surface area (Å²) < 4.78 is 39.3. The molecule has 2 aromatic carbocycles. The van der Waals surface area contributed by atoms with Crippen molar-refractivity contribution < 1.29 is 27.4 Å². The molecule has 0 aliphatic carbocycles. The minimum absolute atomic E-state index is 0.171. The summed E-state index contributed by atoms with van der Waals surface area (Å²) in [5.41, 5.74) is 1.85. The van der Waals surface area contributed by atoms with Crippen molar-refractivity contribution in [3.05, 3.63) is 53.6 Å². The first kappa shape index (κ1) is 22.7. The molecule has 1 saturated heterocycles. The topological polar surface area (TPSA) is 97.4 Å². The SMILES string of the molecule is COc1ccc(CCN2C(=O)N(NS(C)(=O)=O)CC2c2ccc(OC)c(OC)c2)cc1. The van der Waals surface area contributed by atoms with Gasteiger partial charge in [0.05, 0.1) is 40.2 Å². The molecule has 1 atom stereocenters. The van der Waals surface area contributed by atoms with Crippen LogP contribution in [0.25, 0.3) is 0 Å². The number of ether oxygens (including phenoxy) is 3. The highest BCUT2D eigenvalue weighted by molar-refractivity contribution is 7.88. The maximum absolute atomic E-state index is 13.0. The molecule has 0 radical (unpaired) electrons. The lowest BCUT2D eigenvalue weighted by atomic mass is 10.0. The maximum atomic E-state index is 13.0. The van der Waals surface area contributed by atoms with E-state index in [-0.39, 0.29) is 12.6 Å². The van der Waals surface area contributed by atoms with Crippen molar-refractivity contribution in [3.63, 3.8) is 0 Å². The van der Waals surface area contributed by atoms with Gasteiger partial charge in [-0.3, -0.25) is 0 Å². The largest absolute Gasteiger partial charge is 0.497 e. The van der Waals surface area contributed by atoms with Gasteiger partial charge in [-0.2, -0.15) is 0 Å². The number of hydrazine groups is 1. The van der Waals surface area contributed by atoms with E-state index in [1.54, 1.807) is 38.4 Å². The molecule has 3 rings (SSSR count). The van der Waals surface area contributed by atoms with Gasteiger partial charge in [-0.15, -0.1) is 4.83 Å². The highest BCUT2D eigenvalue weighted by Gasteiger charge is 2.39. The van der Waals surface area contributed by atoms with Gasteiger partial charge in [0, 0.05) is 6.54 Å². The number of sulfonamides is 1. The molecular weight excluding hydrogens is 422 g/mol. The van der Waals surface area contributed by atoms with Gasteiger partial charge in [-0.05, 0) is 41.8 Å². The summed E-state index contributed by atoms with van der Waals surface area (Å²) in [6, 6.07) is 12.3.